The lowest BCUT2D eigenvalue weighted by Crippen LogP contribution is -2.16. The van der Waals surface area contributed by atoms with Gasteiger partial charge in [0.15, 0.2) is 0 Å². The van der Waals surface area contributed by atoms with E-state index in [1.165, 1.54) is 12.8 Å². The Labute approximate surface area is 77.8 Å². The van der Waals surface area contributed by atoms with Gasteiger partial charge in [0.25, 0.3) is 0 Å². The van der Waals surface area contributed by atoms with Gasteiger partial charge in [-0.15, -0.1) is 5.54 Å². The van der Waals surface area contributed by atoms with E-state index in [4.69, 9.17) is 0 Å². The minimum Gasteiger partial charge on any atom is -0.118 e. The summed E-state index contributed by atoms with van der Waals surface area (Å²) >= 11 is 0. The minimum absolute atomic E-state index is 0.997. The SMILES string of the molecule is CCCCC#CC#C[Si](C)(C)C. The number of hydrogen-bond acceptors (Lipinski definition) is 0. The first-order valence-electron chi connectivity index (χ1n) is 4.56. The van der Waals surface area contributed by atoms with Crippen LogP contribution in [0.1, 0.15) is 26.2 Å². The van der Waals surface area contributed by atoms with Crippen LogP contribution in [0.25, 0.3) is 0 Å². The fourth-order valence-electron chi connectivity index (χ4n) is 0.591. The van der Waals surface area contributed by atoms with E-state index in [0.717, 1.165) is 6.42 Å². The van der Waals surface area contributed by atoms with Crippen molar-refractivity contribution < 1.29 is 0 Å². The summed E-state index contributed by atoms with van der Waals surface area (Å²) in [5.74, 6) is 8.89. The third kappa shape index (κ3) is 9.34. The van der Waals surface area contributed by atoms with Crippen LogP contribution in [0, 0.1) is 23.3 Å². The van der Waals surface area contributed by atoms with Gasteiger partial charge in [0.2, 0.25) is 0 Å². The number of unbranched alkanes of at least 4 members (excludes halogenated alkanes) is 2. The van der Waals surface area contributed by atoms with Gasteiger partial charge in [0.05, 0.1) is 0 Å². The van der Waals surface area contributed by atoms with Crippen LogP contribution in [0.2, 0.25) is 19.6 Å². The van der Waals surface area contributed by atoms with Crippen LogP contribution in [-0.2, 0) is 0 Å². The molecule has 0 fully saturated rings. The Morgan fingerprint density at radius 2 is 1.75 bits per heavy atom. The lowest BCUT2D eigenvalue weighted by molar-refractivity contribution is 0.828. The van der Waals surface area contributed by atoms with Crippen molar-refractivity contribution in [2.24, 2.45) is 0 Å². The minimum atomic E-state index is -1.19. The van der Waals surface area contributed by atoms with Crippen molar-refractivity contribution in [1.29, 1.82) is 0 Å². The van der Waals surface area contributed by atoms with Gasteiger partial charge in [-0.1, -0.05) is 38.9 Å². The lowest BCUT2D eigenvalue weighted by atomic mass is 10.2. The summed E-state index contributed by atoms with van der Waals surface area (Å²) < 4.78 is 0. The molecule has 0 bridgehead atoms. The molecule has 0 heterocycles. The van der Waals surface area contributed by atoms with Gasteiger partial charge in [0, 0.05) is 6.42 Å². The van der Waals surface area contributed by atoms with E-state index in [0.29, 0.717) is 0 Å². The summed E-state index contributed by atoms with van der Waals surface area (Å²) in [6.07, 6.45) is 3.41. The summed E-state index contributed by atoms with van der Waals surface area (Å²) in [5, 5.41) is 0. The summed E-state index contributed by atoms with van der Waals surface area (Å²) in [6, 6.07) is 0. The van der Waals surface area contributed by atoms with E-state index in [-0.39, 0.29) is 0 Å². The molecular weight excluding hydrogens is 160 g/mol. The highest BCUT2D eigenvalue weighted by Gasteiger charge is 2.06. The molecule has 1 heteroatoms. The molecule has 0 atom stereocenters. The monoisotopic (exact) mass is 178 g/mol. The summed E-state index contributed by atoms with van der Waals surface area (Å²) in [5.41, 5.74) is 3.21. The molecule has 0 aliphatic heterocycles. The maximum atomic E-state index is 3.21. The maximum absolute atomic E-state index is 3.21. The van der Waals surface area contributed by atoms with Crippen molar-refractivity contribution in [3.63, 3.8) is 0 Å². The fraction of sp³-hybridized carbons (Fsp3) is 0.636. The summed E-state index contributed by atoms with van der Waals surface area (Å²) in [7, 11) is -1.19. The second-order valence-electron chi connectivity index (χ2n) is 3.91. The molecule has 0 aromatic carbocycles. The largest absolute Gasteiger partial charge is 0.130 e. The molecule has 0 spiro atoms. The number of rotatable bonds is 2. The van der Waals surface area contributed by atoms with Crippen molar-refractivity contribution in [2.45, 2.75) is 45.8 Å². The van der Waals surface area contributed by atoms with Crippen molar-refractivity contribution in [1.82, 2.24) is 0 Å². The molecule has 0 aromatic rings. The van der Waals surface area contributed by atoms with Gasteiger partial charge < -0.3 is 0 Å². The van der Waals surface area contributed by atoms with Gasteiger partial charge in [-0.25, -0.2) is 0 Å². The third-order valence-corrected chi connectivity index (χ3v) is 2.12. The fourth-order valence-corrected chi connectivity index (χ4v) is 1.03. The van der Waals surface area contributed by atoms with E-state index >= 15 is 0 Å². The molecule has 0 amide bonds. The topological polar surface area (TPSA) is 0 Å². The molecular formula is C11H18Si. The molecule has 0 saturated carbocycles. The zero-order chi connectivity index (χ0) is 9.45. The predicted octanol–water partition coefficient (Wildman–Crippen LogP) is 3.06. The van der Waals surface area contributed by atoms with Crippen molar-refractivity contribution in [3.8, 4) is 23.3 Å². The average Bonchev–Trinajstić information content (AvgIpc) is 1.94. The summed E-state index contributed by atoms with van der Waals surface area (Å²) in [4.78, 5) is 0. The van der Waals surface area contributed by atoms with Gasteiger partial charge in [-0.05, 0) is 18.3 Å². The lowest BCUT2D eigenvalue weighted by Gasteiger charge is -2.01. The first-order valence-corrected chi connectivity index (χ1v) is 8.06. The zero-order valence-electron chi connectivity index (χ0n) is 8.62. The van der Waals surface area contributed by atoms with Gasteiger partial charge in [-0.2, -0.15) is 0 Å². The van der Waals surface area contributed by atoms with Crippen LogP contribution < -0.4 is 0 Å². The maximum Gasteiger partial charge on any atom is 0.130 e. The Bertz CT molecular complexity index is 224. The highest BCUT2D eigenvalue weighted by atomic mass is 28.3. The van der Waals surface area contributed by atoms with Gasteiger partial charge in [-0.3, -0.25) is 0 Å². The first-order chi connectivity index (χ1) is 5.56. The zero-order valence-corrected chi connectivity index (χ0v) is 9.62. The normalized spacial score (nSPS) is 9.33. The highest BCUT2D eigenvalue weighted by Crippen LogP contribution is 1.95. The Kier molecular flexibility index (Phi) is 5.59. The Morgan fingerprint density at radius 3 is 2.25 bits per heavy atom. The molecule has 0 nitrogen and oxygen atoms in total. The van der Waals surface area contributed by atoms with E-state index in [2.05, 4.69) is 49.9 Å². The molecule has 0 aliphatic carbocycles. The molecule has 0 radical (unpaired) electrons. The van der Waals surface area contributed by atoms with Crippen LogP contribution >= 0.6 is 0 Å². The van der Waals surface area contributed by atoms with Crippen molar-refractivity contribution >= 4 is 8.07 Å². The quantitative estimate of drug-likeness (QED) is 0.346. The van der Waals surface area contributed by atoms with Gasteiger partial charge in [0.1, 0.15) is 8.07 Å². The standard InChI is InChI=1S/C11H18Si/c1-5-6-7-8-9-10-11-12(2,3)4/h5-7H2,1-4H3. The van der Waals surface area contributed by atoms with E-state index in [9.17, 15) is 0 Å². The van der Waals surface area contributed by atoms with Crippen LogP contribution in [-0.4, -0.2) is 8.07 Å². The molecule has 0 unspecified atom stereocenters. The van der Waals surface area contributed by atoms with Crippen molar-refractivity contribution in [3.05, 3.63) is 0 Å². The van der Waals surface area contributed by atoms with E-state index in [1.54, 1.807) is 0 Å². The Hall–Kier alpha value is -0.663. The molecule has 0 saturated heterocycles. The smallest absolute Gasteiger partial charge is 0.118 e. The molecule has 0 aliphatic rings. The van der Waals surface area contributed by atoms with Crippen molar-refractivity contribution in [2.75, 3.05) is 0 Å². The molecule has 66 valence electrons. The first kappa shape index (κ1) is 11.3. The Morgan fingerprint density at radius 1 is 1.08 bits per heavy atom. The number of hydrogen-bond donors (Lipinski definition) is 0. The van der Waals surface area contributed by atoms with Crippen LogP contribution in [0.3, 0.4) is 0 Å². The predicted molar refractivity (Wildman–Crippen MR) is 58.4 cm³/mol. The molecule has 0 N–H and O–H groups in total. The highest BCUT2D eigenvalue weighted by molar-refractivity contribution is 6.83. The average molecular weight is 178 g/mol. The van der Waals surface area contributed by atoms with Gasteiger partial charge >= 0.3 is 0 Å². The van der Waals surface area contributed by atoms with E-state index in [1.807, 2.05) is 0 Å². The third-order valence-electron chi connectivity index (χ3n) is 1.24. The van der Waals surface area contributed by atoms with Crippen LogP contribution in [0.15, 0.2) is 0 Å². The van der Waals surface area contributed by atoms with Crippen LogP contribution in [0.4, 0.5) is 0 Å². The van der Waals surface area contributed by atoms with Crippen LogP contribution in [0.5, 0.6) is 0 Å². The molecule has 12 heavy (non-hydrogen) atoms. The van der Waals surface area contributed by atoms with E-state index < -0.39 is 8.07 Å². The summed E-state index contributed by atoms with van der Waals surface area (Å²) in [6.45, 7) is 8.87. The second kappa shape index (κ2) is 5.92. The Balaban J connectivity index is 3.74. The molecule has 0 rings (SSSR count). The second-order valence-corrected chi connectivity index (χ2v) is 8.66. The molecule has 0 aromatic heterocycles.